The minimum Gasteiger partial charge on any atom is -0.466 e. The Morgan fingerprint density at radius 1 is 1.14 bits per heavy atom. The van der Waals surface area contributed by atoms with Crippen molar-refractivity contribution in [2.24, 2.45) is 0 Å². The number of esters is 1. The Balaban J connectivity index is 3.21. The van der Waals surface area contributed by atoms with E-state index in [9.17, 15) is 24.3 Å². The maximum Gasteiger partial charge on any atom is 0.408 e. The molecule has 10 nitrogen and oxygen atoms in total. The quantitative estimate of drug-likeness (QED) is 0.248. The summed E-state index contributed by atoms with van der Waals surface area (Å²) in [5, 5.41) is 14.8. The minimum atomic E-state index is -1.12. The second-order valence-electron chi connectivity index (χ2n) is 8.80. The van der Waals surface area contributed by atoms with E-state index in [0.29, 0.717) is 5.56 Å². The second-order valence-corrected chi connectivity index (χ2v) is 9.16. The molecule has 2 atom stereocenters. The number of nitrogens with zero attached hydrogens (tertiary/aromatic N) is 1. The third-order valence-electron chi connectivity index (χ3n) is 4.68. The smallest absolute Gasteiger partial charge is 0.408 e. The van der Waals surface area contributed by atoms with E-state index in [0.717, 1.165) is 5.56 Å². The summed E-state index contributed by atoms with van der Waals surface area (Å²) in [6.07, 6.45) is -0.840. The fourth-order valence-electron chi connectivity index (χ4n) is 3.15. The lowest BCUT2D eigenvalue weighted by Crippen LogP contribution is -2.54. The Morgan fingerprint density at radius 3 is 2.29 bits per heavy atom. The van der Waals surface area contributed by atoms with Crippen LogP contribution < -0.4 is 10.6 Å². The SMILES string of the molecule is CCOC(=O)CCNC(=O)C(c1ccc(C)cc1)N(CCO)C(=O)C(CS)NC(=O)OC(C)(C)C. The Hall–Kier alpha value is -2.79. The van der Waals surface area contributed by atoms with Crippen LogP contribution in [0.2, 0.25) is 0 Å². The number of aryl methyl sites for hydroxylation is 1. The predicted molar refractivity (Wildman–Crippen MR) is 134 cm³/mol. The van der Waals surface area contributed by atoms with Crippen molar-refractivity contribution in [2.75, 3.05) is 32.1 Å². The molecule has 0 heterocycles. The Bertz CT molecular complexity index is 856. The molecule has 1 rings (SSSR count). The number of nitrogens with one attached hydrogen (secondary N) is 2. The molecule has 1 aromatic rings. The Labute approximate surface area is 212 Å². The molecule has 0 radical (unpaired) electrons. The number of amides is 3. The van der Waals surface area contributed by atoms with Crippen LogP contribution in [0.15, 0.2) is 24.3 Å². The molecule has 0 aromatic heterocycles. The highest BCUT2D eigenvalue weighted by molar-refractivity contribution is 7.80. The first-order chi connectivity index (χ1) is 16.4. The zero-order valence-electron chi connectivity index (χ0n) is 21.0. The highest BCUT2D eigenvalue weighted by atomic mass is 32.1. The number of hydrogen-bond donors (Lipinski definition) is 4. The summed E-state index contributed by atoms with van der Waals surface area (Å²) in [5.74, 6) is -1.69. The molecule has 2 unspecified atom stereocenters. The first-order valence-corrected chi connectivity index (χ1v) is 12.1. The highest BCUT2D eigenvalue weighted by Crippen LogP contribution is 2.23. The summed E-state index contributed by atoms with van der Waals surface area (Å²) in [5.41, 5.74) is 0.679. The Morgan fingerprint density at radius 2 is 1.77 bits per heavy atom. The summed E-state index contributed by atoms with van der Waals surface area (Å²) < 4.78 is 10.1. The molecule has 0 saturated heterocycles. The van der Waals surface area contributed by atoms with Crippen molar-refractivity contribution < 1.29 is 33.8 Å². The van der Waals surface area contributed by atoms with Crippen molar-refractivity contribution in [1.29, 1.82) is 0 Å². The van der Waals surface area contributed by atoms with Crippen LogP contribution in [0.5, 0.6) is 0 Å². The maximum atomic E-state index is 13.5. The van der Waals surface area contributed by atoms with Gasteiger partial charge >= 0.3 is 12.1 Å². The molecule has 0 fully saturated rings. The van der Waals surface area contributed by atoms with Gasteiger partial charge in [-0.15, -0.1) is 0 Å². The fraction of sp³-hybridized carbons (Fsp3) is 0.583. The van der Waals surface area contributed by atoms with E-state index < -0.39 is 48.2 Å². The van der Waals surface area contributed by atoms with Gasteiger partial charge in [-0.3, -0.25) is 14.4 Å². The van der Waals surface area contributed by atoms with Gasteiger partial charge in [0.25, 0.3) is 0 Å². The van der Waals surface area contributed by atoms with Crippen LogP contribution in [0.3, 0.4) is 0 Å². The summed E-state index contributed by atoms with van der Waals surface area (Å²) >= 11 is 4.19. The molecule has 0 bridgehead atoms. The van der Waals surface area contributed by atoms with Crippen LogP contribution in [0.4, 0.5) is 4.79 Å². The molecule has 196 valence electrons. The lowest BCUT2D eigenvalue weighted by Gasteiger charge is -2.33. The van der Waals surface area contributed by atoms with E-state index in [-0.39, 0.29) is 31.9 Å². The normalized spacial score (nSPS) is 12.8. The number of ether oxygens (including phenoxy) is 2. The van der Waals surface area contributed by atoms with Crippen molar-refractivity contribution >= 4 is 36.5 Å². The number of rotatable bonds is 12. The molecule has 0 aliphatic carbocycles. The Kier molecular flexibility index (Phi) is 12.6. The van der Waals surface area contributed by atoms with Gasteiger partial charge < -0.3 is 30.1 Å². The molecular weight excluding hydrogens is 474 g/mol. The van der Waals surface area contributed by atoms with Gasteiger partial charge in [0, 0.05) is 18.8 Å². The van der Waals surface area contributed by atoms with Crippen LogP contribution in [-0.4, -0.2) is 77.6 Å². The zero-order chi connectivity index (χ0) is 26.6. The number of carbonyl (C=O) groups excluding carboxylic acids is 4. The minimum absolute atomic E-state index is 0.00728. The molecule has 0 spiro atoms. The molecule has 0 saturated carbocycles. The fourth-order valence-corrected chi connectivity index (χ4v) is 3.40. The highest BCUT2D eigenvalue weighted by Gasteiger charge is 2.35. The number of carbonyl (C=O) groups is 4. The van der Waals surface area contributed by atoms with Crippen LogP contribution in [0.25, 0.3) is 0 Å². The van der Waals surface area contributed by atoms with Crippen LogP contribution >= 0.6 is 12.6 Å². The number of alkyl carbamates (subject to hydrolysis) is 1. The van der Waals surface area contributed by atoms with Gasteiger partial charge in [-0.25, -0.2) is 4.79 Å². The number of aliphatic hydroxyl groups is 1. The number of aliphatic hydroxyl groups excluding tert-OH is 1. The molecule has 3 N–H and O–H groups in total. The number of thiol groups is 1. The monoisotopic (exact) mass is 511 g/mol. The first kappa shape index (κ1) is 30.2. The van der Waals surface area contributed by atoms with E-state index in [1.165, 1.54) is 4.90 Å². The van der Waals surface area contributed by atoms with Crippen LogP contribution in [0.1, 0.15) is 51.3 Å². The van der Waals surface area contributed by atoms with Crippen molar-refractivity contribution in [2.45, 2.75) is 58.7 Å². The molecule has 11 heteroatoms. The second kappa shape index (κ2) is 14.6. The molecule has 0 aliphatic heterocycles. The molecule has 35 heavy (non-hydrogen) atoms. The van der Waals surface area contributed by atoms with Gasteiger partial charge in [-0.1, -0.05) is 29.8 Å². The topological polar surface area (TPSA) is 134 Å². The van der Waals surface area contributed by atoms with E-state index in [2.05, 4.69) is 23.3 Å². The molecule has 3 amide bonds. The van der Waals surface area contributed by atoms with Crippen molar-refractivity contribution in [3.63, 3.8) is 0 Å². The zero-order valence-corrected chi connectivity index (χ0v) is 21.9. The third-order valence-corrected chi connectivity index (χ3v) is 5.05. The average molecular weight is 512 g/mol. The average Bonchev–Trinajstić information content (AvgIpc) is 2.77. The van der Waals surface area contributed by atoms with Crippen molar-refractivity contribution in [3.8, 4) is 0 Å². The summed E-state index contributed by atoms with van der Waals surface area (Å²) in [6, 6.07) is 4.77. The predicted octanol–water partition coefficient (Wildman–Crippen LogP) is 1.75. The summed E-state index contributed by atoms with van der Waals surface area (Å²) in [6.45, 7) is 8.28. The van der Waals surface area contributed by atoms with Gasteiger partial charge in [-0.2, -0.15) is 12.6 Å². The lowest BCUT2D eigenvalue weighted by molar-refractivity contribution is -0.144. The van der Waals surface area contributed by atoms with Crippen LogP contribution in [-0.2, 0) is 23.9 Å². The van der Waals surface area contributed by atoms with Crippen molar-refractivity contribution in [3.05, 3.63) is 35.4 Å². The third kappa shape index (κ3) is 10.6. The van der Waals surface area contributed by atoms with Gasteiger partial charge in [0.2, 0.25) is 11.8 Å². The molecule has 1 aromatic carbocycles. The van der Waals surface area contributed by atoms with Gasteiger partial charge in [0.15, 0.2) is 0 Å². The van der Waals surface area contributed by atoms with Gasteiger partial charge in [0.1, 0.15) is 17.7 Å². The van der Waals surface area contributed by atoms with Crippen molar-refractivity contribution in [1.82, 2.24) is 15.5 Å². The summed E-state index contributed by atoms with van der Waals surface area (Å²) in [7, 11) is 0. The number of hydrogen-bond acceptors (Lipinski definition) is 8. The van der Waals surface area contributed by atoms with E-state index in [1.54, 1.807) is 52.0 Å². The molecule has 0 aliphatic rings. The maximum absolute atomic E-state index is 13.5. The standard InChI is InChI=1S/C24H37N3O7S/c1-6-33-19(29)11-12-25-21(30)20(17-9-7-16(2)8-10-17)27(13-14-28)22(31)18(15-35)26-23(32)34-24(3,4)5/h7-10,18,20,28,35H,6,11-15H2,1-5H3,(H,25,30)(H,26,32). The number of benzene rings is 1. The van der Waals surface area contributed by atoms with Crippen LogP contribution in [0, 0.1) is 6.92 Å². The van der Waals surface area contributed by atoms with Gasteiger partial charge in [0.05, 0.1) is 19.6 Å². The lowest BCUT2D eigenvalue weighted by atomic mass is 10.0. The van der Waals surface area contributed by atoms with E-state index in [1.807, 2.05) is 6.92 Å². The first-order valence-electron chi connectivity index (χ1n) is 11.4. The van der Waals surface area contributed by atoms with E-state index >= 15 is 0 Å². The largest absolute Gasteiger partial charge is 0.466 e. The summed E-state index contributed by atoms with van der Waals surface area (Å²) in [4.78, 5) is 51.8. The van der Waals surface area contributed by atoms with E-state index in [4.69, 9.17) is 9.47 Å². The molecular formula is C24H37N3O7S. The van der Waals surface area contributed by atoms with Gasteiger partial charge in [-0.05, 0) is 40.2 Å².